The van der Waals surface area contributed by atoms with Gasteiger partial charge in [0.05, 0.1) is 6.54 Å². The van der Waals surface area contributed by atoms with E-state index in [9.17, 15) is 9.59 Å². The molecule has 0 saturated carbocycles. The first kappa shape index (κ1) is 14.2. The van der Waals surface area contributed by atoms with Crippen molar-refractivity contribution in [3.63, 3.8) is 0 Å². The van der Waals surface area contributed by atoms with Crippen LogP contribution in [-0.2, 0) is 9.59 Å². The van der Waals surface area contributed by atoms with Crippen molar-refractivity contribution in [1.29, 1.82) is 0 Å². The Balaban J connectivity index is 2.37. The van der Waals surface area contributed by atoms with E-state index in [0.29, 0.717) is 25.2 Å². The fraction of sp³-hybridized carbons (Fsp3) is 0.846. The number of carbonyl (C=O) groups is 2. The van der Waals surface area contributed by atoms with Gasteiger partial charge in [0.25, 0.3) is 0 Å². The molecular formula is C13H24N2O2. The van der Waals surface area contributed by atoms with E-state index >= 15 is 0 Å². The van der Waals surface area contributed by atoms with Crippen molar-refractivity contribution in [2.24, 2.45) is 0 Å². The molecule has 1 heterocycles. The molecule has 0 aromatic carbocycles. The third-order valence-corrected chi connectivity index (χ3v) is 3.11. The topological polar surface area (TPSA) is 40.6 Å². The van der Waals surface area contributed by atoms with E-state index < -0.39 is 0 Å². The number of rotatable bonds is 6. The molecular weight excluding hydrogens is 216 g/mol. The molecule has 0 aromatic heterocycles. The van der Waals surface area contributed by atoms with Gasteiger partial charge in [-0.1, -0.05) is 13.8 Å². The fourth-order valence-electron chi connectivity index (χ4n) is 2.15. The zero-order valence-electron chi connectivity index (χ0n) is 11.1. The number of hydrogen-bond acceptors (Lipinski definition) is 3. The second kappa shape index (κ2) is 7.43. The first-order valence-corrected chi connectivity index (χ1v) is 6.69. The Morgan fingerprint density at radius 3 is 2.18 bits per heavy atom. The molecule has 4 nitrogen and oxygen atoms in total. The quantitative estimate of drug-likeness (QED) is 0.702. The number of ketones is 1. The minimum absolute atomic E-state index is 0.211. The Hall–Kier alpha value is -0.900. The van der Waals surface area contributed by atoms with Crippen LogP contribution >= 0.6 is 0 Å². The smallest absolute Gasteiger partial charge is 0.236 e. The van der Waals surface area contributed by atoms with Crippen molar-refractivity contribution in [2.75, 3.05) is 32.7 Å². The maximum absolute atomic E-state index is 12.1. The van der Waals surface area contributed by atoms with Gasteiger partial charge in [-0.25, -0.2) is 0 Å². The van der Waals surface area contributed by atoms with Crippen LogP contribution in [0.4, 0.5) is 0 Å². The molecule has 1 amide bonds. The van der Waals surface area contributed by atoms with E-state index in [1.54, 1.807) is 0 Å². The van der Waals surface area contributed by atoms with Crippen LogP contribution in [0.2, 0.25) is 0 Å². The normalized spacial score (nSPS) is 17.2. The fourth-order valence-corrected chi connectivity index (χ4v) is 2.15. The summed E-state index contributed by atoms with van der Waals surface area (Å²) in [5, 5.41) is 0. The van der Waals surface area contributed by atoms with Crippen LogP contribution in [0.3, 0.4) is 0 Å². The SMILES string of the molecule is CCCN(CCC)C(=O)CN1CCC(=O)CC1. The van der Waals surface area contributed by atoms with Crippen LogP contribution in [0, 0.1) is 0 Å². The first-order chi connectivity index (χ1) is 8.17. The standard InChI is InChI=1S/C13H24N2O2/c1-3-7-15(8-4-2)13(17)11-14-9-5-12(16)6-10-14/h3-11H2,1-2H3. The molecule has 0 spiro atoms. The van der Waals surface area contributed by atoms with Gasteiger partial charge in [0.1, 0.15) is 5.78 Å². The van der Waals surface area contributed by atoms with Gasteiger partial charge in [-0.3, -0.25) is 14.5 Å². The molecule has 17 heavy (non-hydrogen) atoms. The lowest BCUT2D eigenvalue weighted by atomic mass is 10.1. The highest BCUT2D eigenvalue weighted by molar-refractivity contribution is 5.81. The maximum atomic E-state index is 12.1. The Labute approximate surface area is 104 Å². The van der Waals surface area contributed by atoms with E-state index in [-0.39, 0.29) is 5.91 Å². The van der Waals surface area contributed by atoms with Gasteiger partial charge in [0.15, 0.2) is 0 Å². The van der Waals surface area contributed by atoms with E-state index in [4.69, 9.17) is 0 Å². The summed E-state index contributed by atoms with van der Waals surface area (Å²) in [7, 11) is 0. The van der Waals surface area contributed by atoms with Gasteiger partial charge in [0.2, 0.25) is 5.91 Å². The van der Waals surface area contributed by atoms with Crippen molar-refractivity contribution in [3.8, 4) is 0 Å². The number of piperidine rings is 1. The Kier molecular flexibility index (Phi) is 6.19. The minimum Gasteiger partial charge on any atom is -0.342 e. The van der Waals surface area contributed by atoms with E-state index in [1.807, 2.05) is 4.90 Å². The molecule has 0 unspecified atom stereocenters. The zero-order chi connectivity index (χ0) is 12.7. The second-order valence-corrected chi connectivity index (χ2v) is 4.70. The predicted octanol–water partition coefficient (Wildman–Crippen LogP) is 1.30. The van der Waals surface area contributed by atoms with Crippen molar-refractivity contribution < 1.29 is 9.59 Å². The number of hydrogen-bond donors (Lipinski definition) is 0. The average molecular weight is 240 g/mol. The largest absolute Gasteiger partial charge is 0.342 e. The molecule has 0 bridgehead atoms. The summed E-state index contributed by atoms with van der Waals surface area (Å²) in [5.74, 6) is 0.538. The van der Waals surface area contributed by atoms with Gasteiger partial charge >= 0.3 is 0 Å². The Morgan fingerprint density at radius 2 is 1.71 bits per heavy atom. The maximum Gasteiger partial charge on any atom is 0.236 e. The summed E-state index contributed by atoms with van der Waals surface area (Å²) in [6.07, 6.45) is 3.22. The highest BCUT2D eigenvalue weighted by atomic mass is 16.2. The molecule has 0 radical (unpaired) electrons. The molecule has 1 rings (SSSR count). The number of nitrogens with zero attached hydrogens (tertiary/aromatic N) is 2. The summed E-state index contributed by atoms with van der Waals surface area (Å²) in [6.45, 7) is 7.85. The predicted molar refractivity (Wildman–Crippen MR) is 67.8 cm³/mol. The summed E-state index contributed by atoms with van der Waals surface area (Å²) >= 11 is 0. The number of carbonyl (C=O) groups excluding carboxylic acids is 2. The van der Waals surface area contributed by atoms with Gasteiger partial charge < -0.3 is 4.90 Å². The van der Waals surface area contributed by atoms with Crippen molar-refractivity contribution in [1.82, 2.24) is 9.80 Å². The van der Waals surface area contributed by atoms with Gasteiger partial charge in [-0.05, 0) is 12.8 Å². The first-order valence-electron chi connectivity index (χ1n) is 6.69. The molecule has 1 fully saturated rings. The summed E-state index contributed by atoms with van der Waals surface area (Å²) in [4.78, 5) is 27.2. The highest BCUT2D eigenvalue weighted by Crippen LogP contribution is 2.06. The lowest BCUT2D eigenvalue weighted by Gasteiger charge is -2.29. The lowest BCUT2D eigenvalue weighted by Crippen LogP contribution is -2.44. The van der Waals surface area contributed by atoms with Crippen LogP contribution in [0.5, 0.6) is 0 Å². The Morgan fingerprint density at radius 1 is 1.18 bits per heavy atom. The molecule has 0 atom stereocenters. The van der Waals surface area contributed by atoms with Crippen LogP contribution in [0.1, 0.15) is 39.5 Å². The summed E-state index contributed by atoms with van der Waals surface area (Å²) in [6, 6.07) is 0. The average Bonchev–Trinajstić information content (AvgIpc) is 2.32. The molecule has 4 heteroatoms. The van der Waals surface area contributed by atoms with Crippen molar-refractivity contribution in [3.05, 3.63) is 0 Å². The molecule has 98 valence electrons. The highest BCUT2D eigenvalue weighted by Gasteiger charge is 2.20. The summed E-state index contributed by atoms with van der Waals surface area (Å²) in [5.41, 5.74) is 0. The second-order valence-electron chi connectivity index (χ2n) is 4.70. The molecule has 0 aromatic rings. The van der Waals surface area contributed by atoms with Crippen LogP contribution in [-0.4, -0.2) is 54.2 Å². The van der Waals surface area contributed by atoms with Crippen molar-refractivity contribution in [2.45, 2.75) is 39.5 Å². The van der Waals surface area contributed by atoms with Crippen molar-refractivity contribution >= 4 is 11.7 Å². The zero-order valence-corrected chi connectivity index (χ0v) is 11.1. The lowest BCUT2D eigenvalue weighted by molar-refractivity contribution is -0.134. The minimum atomic E-state index is 0.211. The Bertz CT molecular complexity index is 250. The third-order valence-electron chi connectivity index (χ3n) is 3.11. The monoisotopic (exact) mass is 240 g/mol. The van der Waals surface area contributed by atoms with Gasteiger partial charge in [-0.15, -0.1) is 0 Å². The number of likely N-dealkylation sites (tertiary alicyclic amines) is 1. The summed E-state index contributed by atoms with van der Waals surface area (Å²) < 4.78 is 0. The molecule has 1 saturated heterocycles. The number of Topliss-reactive ketones (excluding diaryl/α,β-unsaturated/α-hetero) is 1. The van der Waals surface area contributed by atoms with Crippen LogP contribution in [0.25, 0.3) is 0 Å². The van der Waals surface area contributed by atoms with E-state index in [2.05, 4.69) is 18.7 Å². The molecule has 0 N–H and O–H groups in total. The van der Waals surface area contributed by atoms with Crippen LogP contribution in [0.15, 0.2) is 0 Å². The van der Waals surface area contributed by atoms with Crippen LogP contribution < -0.4 is 0 Å². The number of amides is 1. The van der Waals surface area contributed by atoms with Gasteiger partial charge in [0, 0.05) is 39.0 Å². The third kappa shape index (κ3) is 4.86. The van der Waals surface area contributed by atoms with E-state index in [1.165, 1.54) is 0 Å². The van der Waals surface area contributed by atoms with Gasteiger partial charge in [-0.2, -0.15) is 0 Å². The molecule has 0 aliphatic carbocycles. The molecule has 1 aliphatic heterocycles. The molecule has 1 aliphatic rings. The van der Waals surface area contributed by atoms with E-state index in [0.717, 1.165) is 39.0 Å².